The number of hydrogen-bond acceptors (Lipinski definition) is 4. The molecule has 5 nitrogen and oxygen atoms in total. The second-order valence-electron chi connectivity index (χ2n) is 2.83. The van der Waals surface area contributed by atoms with Crippen molar-refractivity contribution < 1.29 is 48.7 Å². The molecule has 0 bridgehead atoms. The van der Waals surface area contributed by atoms with E-state index < -0.39 is 5.91 Å². The van der Waals surface area contributed by atoms with Crippen LogP contribution in [0.15, 0.2) is 18.2 Å². The number of methoxy groups -OCH3 is 1. The van der Waals surface area contributed by atoms with E-state index >= 15 is 0 Å². The van der Waals surface area contributed by atoms with Gasteiger partial charge in [0.05, 0.1) is 13.5 Å². The molecule has 0 fully saturated rings. The normalized spacial score (nSPS) is 6.90. The smallest absolute Gasteiger partial charge is 0.545 e. The fourth-order valence-electron chi connectivity index (χ4n) is 0.789. The predicted octanol–water partition coefficient (Wildman–Crippen LogP) is -1.05. The Balaban J connectivity index is -0.000000109. The molecule has 1 N–H and O–H groups in total. The molecule has 0 saturated carbocycles. The molecular weight excluding hydrogens is 281 g/mol. The Morgan fingerprint density at radius 1 is 1.48 bits per heavy atom. The minimum Gasteiger partial charge on any atom is -0.545 e. The number of rotatable bonds is 3. The molecule has 0 aliphatic heterocycles. The molecule has 6 heteroatoms. The monoisotopic (exact) mass is 302 g/mol. The first-order chi connectivity index (χ1) is 9.63. The Kier molecular flexibility index (Phi) is 31.9. The Labute approximate surface area is 149 Å². The van der Waals surface area contributed by atoms with E-state index in [1.807, 2.05) is 39.0 Å². The second-order valence-corrected chi connectivity index (χ2v) is 2.83. The van der Waals surface area contributed by atoms with Crippen LogP contribution in [0.5, 0.6) is 5.75 Å². The maximum absolute atomic E-state index is 9.98. The molecule has 0 unspecified atom stereocenters. The molecule has 1 aromatic carbocycles. The Morgan fingerprint density at radius 3 is 2.24 bits per heavy atom. The number of aryl methyl sites for hydroxylation is 1. The largest absolute Gasteiger partial charge is 1.00 e. The number of ether oxygens (including phenoxy) is 1. The number of carbonyl (C=O) groups excluding carboxylic acids is 3. The summed E-state index contributed by atoms with van der Waals surface area (Å²) in [7, 11) is 1.64. The molecule has 0 atom stereocenters. The zero-order valence-electron chi connectivity index (χ0n) is 13.4. The van der Waals surface area contributed by atoms with Gasteiger partial charge in [-0.15, -0.1) is 12.1 Å². The quantitative estimate of drug-likeness (QED) is 0.335. The standard InChI is InChI=1S/C8H9O.C4H5NO2.C2H6.CHO.Na/c1-7-4-3-5-8(6-7)9-2;1-2-4(7)5-3-6;2*1-2;/h3-4,6H,1-2H3;1-2H2,(H,5,6,7);1-2H3;1H;/q-1;-2;;-1;+1. The molecular formula is C15H21NNaO4-3. The molecule has 0 radical (unpaired) electrons. The maximum atomic E-state index is 9.98. The predicted molar refractivity (Wildman–Crippen MR) is 78.5 cm³/mol. The summed E-state index contributed by atoms with van der Waals surface area (Å²) in [5, 5.41) is 1.79. The van der Waals surface area contributed by atoms with E-state index in [4.69, 9.17) is 9.53 Å². The summed E-state index contributed by atoms with van der Waals surface area (Å²) in [5.41, 5.74) is 1.20. The number of hydrogen-bond donors (Lipinski definition) is 1. The molecule has 114 valence electrons. The summed E-state index contributed by atoms with van der Waals surface area (Å²) in [6.07, 6.45) is 1.31. The summed E-state index contributed by atoms with van der Waals surface area (Å²) in [5.74, 6) is 0.394. The van der Waals surface area contributed by atoms with E-state index in [1.54, 1.807) is 12.4 Å². The first kappa shape index (κ1) is 28.1. The van der Waals surface area contributed by atoms with Gasteiger partial charge < -0.3 is 31.4 Å². The van der Waals surface area contributed by atoms with Crippen molar-refractivity contribution in [3.63, 3.8) is 0 Å². The van der Waals surface area contributed by atoms with Crippen LogP contribution in [-0.2, 0) is 14.4 Å². The zero-order chi connectivity index (χ0) is 16.4. The van der Waals surface area contributed by atoms with Crippen LogP contribution in [0.2, 0.25) is 0 Å². The van der Waals surface area contributed by atoms with Gasteiger partial charge in [0, 0.05) is 11.7 Å². The van der Waals surface area contributed by atoms with Crippen LogP contribution >= 0.6 is 0 Å². The molecule has 0 spiro atoms. The van der Waals surface area contributed by atoms with E-state index in [9.17, 15) is 9.59 Å². The first-order valence-corrected chi connectivity index (χ1v) is 5.85. The number of benzene rings is 1. The third-order valence-electron chi connectivity index (χ3n) is 1.57. The summed E-state index contributed by atoms with van der Waals surface area (Å²) in [6, 6.07) is 8.73. The number of amides is 2. The maximum Gasteiger partial charge on any atom is 1.00 e. The van der Waals surface area contributed by atoms with Gasteiger partial charge in [0.15, 0.2) is 0 Å². The van der Waals surface area contributed by atoms with Crippen molar-refractivity contribution in [1.82, 2.24) is 5.32 Å². The van der Waals surface area contributed by atoms with Gasteiger partial charge in [-0.25, -0.2) is 0 Å². The second kappa shape index (κ2) is 23.9. The van der Waals surface area contributed by atoms with Crippen LogP contribution in [0.3, 0.4) is 0 Å². The summed E-state index contributed by atoms with van der Waals surface area (Å²) in [4.78, 5) is 27.0. The third-order valence-corrected chi connectivity index (χ3v) is 1.57. The van der Waals surface area contributed by atoms with Gasteiger partial charge in [-0.05, 0) is 0 Å². The number of imide groups is 1. The van der Waals surface area contributed by atoms with Crippen LogP contribution in [0.4, 0.5) is 0 Å². The molecule has 21 heavy (non-hydrogen) atoms. The molecule has 0 aromatic heterocycles. The Morgan fingerprint density at radius 2 is 2.00 bits per heavy atom. The SMILES string of the molecule is CC.COc1[c-]ccc(C)c1.[CH-]=O.[CH2-]CC(=O)N[C-]=O.[Na+]. The van der Waals surface area contributed by atoms with E-state index in [-0.39, 0.29) is 36.0 Å². The topological polar surface area (TPSA) is 72.5 Å². The third kappa shape index (κ3) is 21.3. The number of carbonyl (C=O) groups is 1. The van der Waals surface area contributed by atoms with Gasteiger partial charge in [-0.2, -0.15) is 24.1 Å². The summed E-state index contributed by atoms with van der Waals surface area (Å²) >= 11 is 0. The summed E-state index contributed by atoms with van der Waals surface area (Å²) in [6.45, 7) is 12.5. The van der Waals surface area contributed by atoms with Crippen LogP contribution in [-0.4, -0.2) is 26.2 Å². The average Bonchev–Trinajstić information content (AvgIpc) is 2.52. The zero-order valence-corrected chi connectivity index (χ0v) is 15.4. The fraction of sp³-hybridized carbons (Fsp3) is 0.333. The minimum absolute atomic E-state index is 0. The van der Waals surface area contributed by atoms with Crippen molar-refractivity contribution in [3.8, 4) is 5.75 Å². The minimum atomic E-state index is -0.407. The van der Waals surface area contributed by atoms with Crippen molar-refractivity contribution in [1.29, 1.82) is 0 Å². The van der Waals surface area contributed by atoms with Gasteiger partial charge in [0.25, 0.3) is 0 Å². The van der Waals surface area contributed by atoms with Crippen molar-refractivity contribution in [2.45, 2.75) is 27.2 Å². The van der Waals surface area contributed by atoms with E-state index in [0.29, 0.717) is 0 Å². The molecule has 0 heterocycles. The van der Waals surface area contributed by atoms with E-state index in [0.717, 1.165) is 5.75 Å². The van der Waals surface area contributed by atoms with E-state index in [1.165, 1.54) is 12.0 Å². The van der Waals surface area contributed by atoms with Gasteiger partial charge in [0.1, 0.15) is 0 Å². The first-order valence-electron chi connectivity index (χ1n) is 5.85. The molecule has 2 amide bonds. The average molecular weight is 302 g/mol. The fourth-order valence-corrected chi connectivity index (χ4v) is 0.789. The van der Waals surface area contributed by atoms with Crippen LogP contribution in [0.25, 0.3) is 0 Å². The van der Waals surface area contributed by atoms with Crippen molar-refractivity contribution in [2.24, 2.45) is 0 Å². The molecule has 0 aliphatic carbocycles. The molecule has 1 aromatic rings. The van der Waals surface area contributed by atoms with Crippen molar-refractivity contribution >= 4 is 19.1 Å². The molecule has 0 saturated heterocycles. The van der Waals surface area contributed by atoms with E-state index in [2.05, 4.69) is 19.8 Å². The summed E-state index contributed by atoms with van der Waals surface area (Å²) < 4.78 is 4.94. The van der Waals surface area contributed by atoms with Gasteiger partial charge in [-0.3, -0.25) is 6.79 Å². The Hall–Kier alpha value is -1.17. The Bertz CT molecular complexity index is 359. The van der Waals surface area contributed by atoms with Crippen molar-refractivity contribution in [3.05, 3.63) is 36.8 Å². The van der Waals surface area contributed by atoms with Gasteiger partial charge in [-0.1, -0.05) is 20.8 Å². The molecule has 1 rings (SSSR count). The van der Waals surface area contributed by atoms with Gasteiger partial charge >= 0.3 is 29.6 Å². The van der Waals surface area contributed by atoms with Crippen LogP contribution in [0.1, 0.15) is 25.8 Å². The van der Waals surface area contributed by atoms with Gasteiger partial charge in [0.2, 0.25) is 0 Å². The van der Waals surface area contributed by atoms with Crippen LogP contribution in [0, 0.1) is 19.9 Å². The number of nitrogens with one attached hydrogen (secondary N) is 1. The van der Waals surface area contributed by atoms with Crippen molar-refractivity contribution in [2.75, 3.05) is 7.11 Å². The molecule has 0 aliphatic rings. The van der Waals surface area contributed by atoms with Crippen LogP contribution < -0.4 is 39.6 Å².